The van der Waals surface area contributed by atoms with E-state index in [1.807, 2.05) is 24.3 Å². The number of hydrogen-bond donors (Lipinski definition) is 0. The second-order valence-corrected chi connectivity index (χ2v) is 2.34. The minimum Gasteiger partial charge on any atom is -0.267 e. The first-order valence-corrected chi connectivity index (χ1v) is 3.39. The maximum Gasteiger partial charge on any atom is 0.277 e. The summed E-state index contributed by atoms with van der Waals surface area (Å²) < 4.78 is 0. The van der Waals surface area contributed by atoms with Crippen molar-refractivity contribution >= 4 is 10.8 Å². The Hall–Kier alpha value is -1.57. The highest BCUT2D eigenvalue weighted by molar-refractivity contribution is 5.86. The van der Waals surface area contributed by atoms with Gasteiger partial charge in [-0.1, -0.05) is 18.2 Å². The van der Waals surface area contributed by atoms with Crippen molar-refractivity contribution in [2.45, 2.75) is 0 Å². The second kappa shape index (κ2) is 2.23. The minimum atomic E-state index is -0.150. The van der Waals surface area contributed by atoms with E-state index in [4.69, 9.17) is 0 Å². The van der Waals surface area contributed by atoms with Crippen LogP contribution in [0.2, 0.25) is 0 Å². The predicted molar refractivity (Wildman–Crippen MR) is 41.9 cm³/mol. The molecule has 2 nitrogen and oxygen atoms in total. The van der Waals surface area contributed by atoms with Crippen molar-refractivity contribution in [3.8, 4) is 5.88 Å². The Labute approximate surface area is 64.1 Å². The molecular weight excluding hydrogens is 138 g/mol. The summed E-state index contributed by atoms with van der Waals surface area (Å²) in [6.45, 7) is 0. The highest BCUT2D eigenvalue weighted by Crippen LogP contribution is 2.20. The molecule has 1 heterocycles. The molecule has 0 saturated carbocycles. The number of benzene rings is 1. The van der Waals surface area contributed by atoms with Gasteiger partial charge in [0.05, 0.1) is 0 Å². The number of pyridine rings is 1. The van der Waals surface area contributed by atoms with Gasteiger partial charge in [-0.15, -0.1) is 0 Å². The summed E-state index contributed by atoms with van der Waals surface area (Å²) >= 11 is 0. The fourth-order valence-corrected chi connectivity index (χ4v) is 1.09. The normalized spacial score (nSPS) is 10.2. The average Bonchev–Trinajstić information content (AvgIpc) is 2.06. The van der Waals surface area contributed by atoms with E-state index >= 15 is 0 Å². The van der Waals surface area contributed by atoms with Crippen LogP contribution in [0.1, 0.15) is 0 Å². The Balaban J connectivity index is 2.91. The molecule has 0 aliphatic rings. The van der Waals surface area contributed by atoms with Gasteiger partial charge < -0.3 is 0 Å². The van der Waals surface area contributed by atoms with Gasteiger partial charge in [-0.2, -0.15) is 0 Å². The van der Waals surface area contributed by atoms with E-state index in [-0.39, 0.29) is 5.88 Å². The monoisotopic (exact) mass is 144 g/mol. The van der Waals surface area contributed by atoms with Crippen LogP contribution in [-0.2, 0) is 5.11 Å². The van der Waals surface area contributed by atoms with Crippen molar-refractivity contribution in [3.63, 3.8) is 0 Å². The van der Waals surface area contributed by atoms with Gasteiger partial charge in [0.2, 0.25) is 0 Å². The molecule has 0 amide bonds. The van der Waals surface area contributed by atoms with Gasteiger partial charge in [-0.3, -0.25) is 5.11 Å². The summed E-state index contributed by atoms with van der Waals surface area (Å²) in [7, 11) is 0. The van der Waals surface area contributed by atoms with E-state index < -0.39 is 0 Å². The second-order valence-electron chi connectivity index (χ2n) is 2.34. The summed E-state index contributed by atoms with van der Waals surface area (Å²) in [4.78, 5) is 3.65. The molecule has 0 atom stereocenters. The highest BCUT2D eigenvalue weighted by Gasteiger charge is 1.98. The Morgan fingerprint density at radius 1 is 1.09 bits per heavy atom. The minimum absolute atomic E-state index is 0.150. The van der Waals surface area contributed by atoms with Crippen molar-refractivity contribution in [1.82, 2.24) is 4.98 Å². The zero-order chi connectivity index (χ0) is 7.68. The molecule has 53 valence electrons. The zero-order valence-electron chi connectivity index (χ0n) is 5.82. The Kier molecular flexibility index (Phi) is 1.25. The van der Waals surface area contributed by atoms with Crippen LogP contribution in [0.4, 0.5) is 0 Å². The van der Waals surface area contributed by atoms with Crippen LogP contribution >= 0.6 is 0 Å². The molecule has 0 aliphatic heterocycles. The summed E-state index contributed by atoms with van der Waals surface area (Å²) in [6.07, 6.45) is 1.53. The predicted octanol–water partition coefficient (Wildman–Crippen LogP) is 2.38. The molecule has 2 rings (SSSR count). The van der Waals surface area contributed by atoms with E-state index in [0.29, 0.717) is 5.39 Å². The van der Waals surface area contributed by atoms with Gasteiger partial charge in [-0.05, 0) is 17.5 Å². The van der Waals surface area contributed by atoms with Crippen LogP contribution in [-0.4, -0.2) is 4.98 Å². The average molecular weight is 144 g/mol. The standard InChI is InChI=1S/C9H6NO/c11-9-8-4-2-1-3-7(8)5-6-10-9/h1-6H. The molecule has 2 aromatic rings. The molecule has 0 aliphatic carbocycles. The summed E-state index contributed by atoms with van der Waals surface area (Å²) in [5.41, 5.74) is 0. The molecule has 1 aromatic heterocycles. The lowest BCUT2D eigenvalue weighted by molar-refractivity contribution is 0.343. The first-order valence-electron chi connectivity index (χ1n) is 3.39. The van der Waals surface area contributed by atoms with Gasteiger partial charge in [-0.25, -0.2) is 4.98 Å². The number of nitrogens with zero attached hydrogens (tertiary/aromatic N) is 1. The number of fused-ring (bicyclic) bond motifs is 1. The SMILES string of the molecule is [O]c1nccc2ccccc12. The van der Waals surface area contributed by atoms with E-state index in [0.717, 1.165) is 5.39 Å². The lowest BCUT2D eigenvalue weighted by atomic mass is 10.2. The summed E-state index contributed by atoms with van der Waals surface area (Å²) in [5, 5.41) is 12.7. The Bertz CT molecular complexity index is 379. The molecule has 0 bridgehead atoms. The third-order valence-corrected chi connectivity index (χ3v) is 1.64. The molecule has 0 fully saturated rings. The summed E-state index contributed by atoms with van der Waals surface area (Å²) in [6, 6.07) is 9.26. The molecule has 1 aromatic carbocycles. The maximum atomic E-state index is 11.1. The van der Waals surface area contributed by atoms with Gasteiger partial charge in [0.25, 0.3) is 5.88 Å². The van der Waals surface area contributed by atoms with Crippen LogP contribution in [0.25, 0.3) is 10.8 Å². The van der Waals surface area contributed by atoms with Crippen LogP contribution < -0.4 is 0 Å². The molecule has 11 heavy (non-hydrogen) atoms. The topological polar surface area (TPSA) is 32.8 Å². The van der Waals surface area contributed by atoms with E-state index in [2.05, 4.69) is 4.98 Å². The van der Waals surface area contributed by atoms with Gasteiger partial charge in [0, 0.05) is 11.6 Å². The van der Waals surface area contributed by atoms with Crippen molar-refractivity contribution in [1.29, 1.82) is 0 Å². The van der Waals surface area contributed by atoms with Crippen molar-refractivity contribution in [2.75, 3.05) is 0 Å². The van der Waals surface area contributed by atoms with Crippen LogP contribution in [0.3, 0.4) is 0 Å². The molecule has 2 heteroatoms. The third kappa shape index (κ3) is 0.923. The van der Waals surface area contributed by atoms with Crippen LogP contribution in [0, 0.1) is 0 Å². The van der Waals surface area contributed by atoms with E-state index in [1.54, 1.807) is 6.07 Å². The summed E-state index contributed by atoms with van der Waals surface area (Å²) in [5.74, 6) is -0.150. The largest absolute Gasteiger partial charge is 0.277 e. The highest BCUT2D eigenvalue weighted by atomic mass is 16.3. The van der Waals surface area contributed by atoms with Crippen molar-refractivity contribution in [3.05, 3.63) is 36.5 Å². The molecule has 0 saturated heterocycles. The zero-order valence-corrected chi connectivity index (χ0v) is 5.82. The molecule has 0 N–H and O–H groups in total. The van der Waals surface area contributed by atoms with E-state index in [1.165, 1.54) is 6.20 Å². The molecule has 0 spiro atoms. The lowest BCUT2D eigenvalue weighted by Crippen LogP contribution is -1.74. The van der Waals surface area contributed by atoms with Gasteiger partial charge >= 0.3 is 0 Å². The Morgan fingerprint density at radius 3 is 2.73 bits per heavy atom. The fraction of sp³-hybridized carbons (Fsp3) is 0. The number of rotatable bonds is 0. The number of aromatic nitrogens is 1. The molecule has 0 unspecified atom stereocenters. The van der Waals surface area contributed by atoms with Crippen LogP contribution in [0.15, 0.2) is 36.5 Å². The first kappa shape index (κ1) is 6.16. The van der Waals surface area contributed by atoms with Gasteiger partial charge in [0.15, 0.2) is 0 Å². The quantitative estimate of drug-likeness (QED) is 0.558. The number of hydrogen-bond acceptors (Lipinski definition) is 1. The molecular formula is C9H6NO. The van der Waals surface area contributed by atoms with Crippen molar-refractivity contribution in [2.24, 2.45) is 0 Å². The van der Waals surface area contributed by atoms with Crippen LogP contribution in [0.5, 0.6) is 5.88 Å². The van der Waals surface area contributed by atoms with E-state index in [9.17, 15) is 5.11 Å². The lowest BCUT2D eigenvalue weighted by Gasteiger charge is -1.94. The molecule has 1 radical (unpaired) electrons. The Morgan fingerprint density at radius 2 is 1.91 bits per heavy atom. The van der Waals surface area contributed by atoms with Crippen molar-refractivity contribution < 1.29 is 5.11 Å². The van der Waals surface area contributed by atoms with Gasteiger partial charge in [0.1, 0.15) is 0 Å². The maximum absolute atomic E-state index is 11.1. The fourth-order valence-electron chi connectivity index (χ4n) is 1.09. The first-order chi connectivity index (χ1) is 5.38. The smallest absolute Gasteiger partial charge is 0.267 e. The third-order valence-electron chi connectivity index (χ3n) is 1.64.